The maximum Gasteiger partial charge on any atom is 0.426 e. The highest BCUT2D eigenvalue weighted by molar-refractivity contribution is 6.32. The van der Waals surface area contributed by atoms with Gasteiger partial charge < -0.3 is 0 Å². The molecular formula is C10H8ClF3. The third-order valence-electron chi connectivity index (χ3n) is 1.61. The average Bonchev–Trinajstić information content (AvgIpc) is 2.02. The maximum atomic E-state index is 12.0. The van der Waals surface area contributed by atoms with Gasteiger partial charge in [-0.3, -0.25) is 0 Å². The van der Waals surface area contributed by atoms with Crippen molar-refractivity contribution in [1.29, 1.82) is 0 Å². The number of aryl methyl sites for hydroxylation is 1. The summed E-state index contributed by atoms with van der Waals surface area (Å²) in [6, 6.07) is 6.69. The predicted molar refractivity (Wildman–Crippen MR) is 51.1 cm³/mol. The average molecular weight is 221 g/mol. The summed E-state index contributed by atoms with van der Waals surface area (Å²) in [5, 5.41) is -1.11. The molecule has 1 aromatic carbocycles. The molecule has 0 aliphatic carbocycles. The van der Waals surface area contributed by atoms with Gasteiger partial charge in [-0.2, -0.15) is 13.2 Å². The van der Waals surface area contributed by atoms with E-state index >= 15 is 0 Å². The van der Waals surface area contributed by atoms with Gasteiger partial charge in [0.15, 0.2) is 0 Å². The summed E-state index contributed by atoms with van der Waals surface area (Å²) in [7, 11) is 0. The molecule has 0 nitrogen and oxygen atoms in total. The van der Waals surface area contributed by atoms with Crippen molar-refractivity contribution in [2.75, 3.05) is 0 Å². The first-order chi connectivity index (χ1) is 6.39. The van der Waals surface area contributed by atoms with Crippen LogP contribution in [0.15, 0.2) is 29.3 Å². The highest BCUT2D eigenvalue weighted by Gasteiger charge is 2.32. The first kappa shape index (κ1) is 11.1. The van der Waals surface area contributed by atoms with E-state index in [2.05, 4.69) is 0 Å². The molecule has 14 heavy (non-hydrogen) atoms. The second-order valence-corrected chi connectivity index (χ2v) is 3.31. The normalized spacial score (nSPS) is 13.1. The summed E-state index contributed by atoms with van der Waals surface area (Å²) < 4.78 is 36.1. The Morgan fingerprint density at radius 3 is 2.50 bits per heavy atom. The van der Waals surface area contributed by atoms with E-state index in [1.54, 1.807) is 31.2 Å². The highest BCUT2D eigenvalue weighted by Crippen LogP contribution is 2.30. The molecule has 0 atom stereocenters. The maximum absolute atomic E-state index is 12.0. The fourth-order valence-electron chi connectivity index (χ4n) is 0.988. The second kappa shape index (κ2) is 4.05. The molecule has 0 aliphatic rings. The van der Waals surface area contributed by atoms with Crippen LogP contribution in [-0.2, 0) is 0 Å². The van der Waals surface area contributed by atoms with Crippen molar-refractivity contribution in [2.45, 2.75) is 13.1 Å². The fraction of sp³-hybridized carbons (Fsp3) is 0.200. The minimum Gasteiger partial charge on any atom is -0.165 e. The van der Waals surface area contributed by atoms with Crippen LogP contribution >= 0.6 is 11.6 Å². The number of hydrogen-bond acceptors (Lipinski definition) is 0. The first-order valence-electron chi connectivity index (χ1n) is 3.90. The summed E-state index contributed by atoms with van der Waals surface area (Å²) in [5.74, 6) is 0. The van der Waals surface area contributed by atoms with E-state index < -0.39 is 11.2 Å². The van der Waals surface area contributed by atoms with Gasteiger partial charge in [-0.25, -0.2) is 0 Å². The van der Waals surface area contributed by atoms with E-state index in [0.29, 0.717) is 5.56 Å². The molecule has 0 aliphatic heterocycles. The zero-order chi connectivity index (χ0) is 10.8. The van der Waals surface area contributed by atoms with Crippen molar-refractivity contribution >= 4 is 17.7 Å². The van der Waals surface area contributed by atoms with E-state index in [4.69, 9.17) is 11.6 Å². The van der Waals surface area contributed by atoms with Gasteiger partial charge >= 0.3 is 6.18 Å². The van der Waals surface area contributed by atoms with Gasteiger partial charge in [-0.15, -0.1) is 0 Å². The number of benzene rings is 1. The lowest BCUT2D eigenvalue weighted by atomic mass is 10.1. The van der Waals surface area contributed by atoms with Crippen LogP contribution in [0.4, 0.5) is 13.2 Å². The van der Waals surface area contributed by atoms with E-state index in [-0.39, 0.29) is 0 Å². The lowest BCUT2D eigenvalue weighted by Crippen LogP contribution is -2.06. The molecule has 0 spiro atoms. The van der Waals surface area contributed by atoms with Gasteiger partial charge in [0, 0.05) is 0 Å². The standard InChI is InChI=1S/C10H8ClF3/c1-7-3-2-4-8(5-7)6-9(11)10(12,13)14/h2-6H,1H3. The molecule has 0 unspecified atom stereocenters. The van der Waals surface area contributed by atoms with E-state index in [1.807, 2.05) is 0 Å². The first-order valence-corrected chi connectivity index (χ1v) is 4.28. The molecule has 0 amide bonds. The minimum atomic E-state index is -4.47. The Morgan fingerprint density at radius 2 is 2.00 bits per heavy atom. The fourth-order valence-corrected chi connectivity index (χ4v) is 1.11. The lowest BCUT2D eigenvalue weighted by Gasteiger charge is -2.04. The highest BCUT2D eigenvalue weighted by atomic mass is 35.5. The van der Waals surface area contributed by atoms with Crippen molar-refractivity contribution < 1.29 is 13.2 Å². The molecule has 0 N–H and O–H groups in total. The predicted octanol–water partition coefficient (Wildman–Crippen LogP) is 4.14. The molecule has 1 rings (SSSR count). The third-order valence-corrected chi connectivity index (χ3v) is 1.93. The zero-order valence-corrected chi connectivity index (χ0v) is 8.15. The van der Waals surface area contributed by atoms with Crippen molar-refractivity contribution in [3.63, 3.8) is 0 Å². The Labute approximate surface area is 85.0 Å². The van der Waals surface area contributed by atoms with Crippen molar-refractivity contribution in [3.05, 3.63) is 40.4 Å². The molecule has 0 aromatic heterocycles. The lowest BCUT2D eigenvalue weighted by molar-refractivity contribution is -0.0836. The summed E-state index contributed by atoms with van der Waals surface area (Å²) in [6.07, 6.45) is -3.56. The molecule has 0 radical (unpaired) electrons. The summed E-state index contributed by atoms with van der Waals surface area (Å²) in [6.45, 7) is 1.80. The third kappa shape index (κ3) is 3.07. The van der Waals surface area contributed by atoms with E-state index in [0.717, 1.165) is 11.6 Å². The van der Waals surface area contributed by atoms with Gasteiger partial charge in [0.25, 0.3) is 0 Å². The Bertz CT molecular complexity index is 353. The topological polar surface area (TPSA) is 0 Å². The Morgan fingerprint density at radius 1 is 1.36 bits per heavy atom. The van der Waals surface area contributed by atoms with Crippen LogP contribution in [0.5, 0.6) is 0 Å². The molecule has 1 aromatic rings. The molecule has 0 saturated carbocycles. The van der Waals surface area contributed by atoms with Gasteiger partial charge in [0.1, 0.15) is 5.03 Å². The van der Waals surface area contributed by atoms with Crippen molar-refractivity contribution in [1.82, 2.24) is 0 Å². The van der Waals surface area contributed by atoms with Crippen LogP contribution in [0.1, 0.15) is 11.1 Å². The quantitative estimate of drug-likeness (QED) is 0.667. The number of allylic oxidation sites excluding steroid dienone is 1. The SMILES string of the molecule is Cc1cccc(C=C(Cl)C(F)(F)F)c1. The van der Waals surface area contributed by atoms with Crippen LogP contribution < -0.4 is 0 Å². The van der Waals surface area contributed by atoms with Crippen molar-refractivity contribution in [2.24, 2.45) is 0 Å². The van der Waals surface area contributed by atoms with E-state index in [1.165, 1.54) is 0 Å². The number of rotatable bonds is 1. The number of hydrogen-bond donors (Lipinski definition) is 0. The molecule has 0 saturated heterocycles. The summed E-state index contributed by atoms with van der Waals surface area (Å²) in [5.41, 5.74) is 1.35. The molecular weight excluding hydrogens is 213 g/mol. The van der Waals surface area contributed by atoms with Gasteiger partial charge in [0.05, 0.1) is 0 Å². The largest absolute Gasteiger partial charge is 0.426 e. The number of halogens is 4. The number of alkyl halides is 3. The molecule has 76 valence electrons. The van der Waals surface area contributed by atoms with Crippen LogP contribution in [0.2, 0.25) is 0 Å². The minimum absolute atomic E-state index is 0.451. The van der Waals surface area contributed by atoms with Crippen LogP contribution in [0, 0.1) is 6.92 Å². The monoisotopic (exact) mass is 220 g/mol. The molecule has 4 heteroatoms. The summed E-state index contributed by atoms with van der Waals surface area (Å²) >= 11 is 5.08. The molecule has 0 bridgehead atoms. The van der Waals surface area contributed by atoms with Crippen LogP contribution in [0.25, 0.3) is 6.08 Å². The second-order valence-electron chi connectivity index (χ2n) is 2.90. The molecule has 0 fully saturated rings. The van der Waals surface area contributed by atoms with Crippen LogP contribution in [-0.4, -0.2) is 6.18 Å². The molecule has 0 heterocycles. The Kier molecular flexibility index (Phi) is 3.21. The van der Waals surface area contributed by atoms with Gasteiger partial charge in [0.2, 0.25) is 0 Å². The van der Waals surface area contributed by atoms with Crippen LogP contribution in [0.3, 0.4) is 0 Å². The van der Waals surface area contributed by atoms with Gasteiger partial charge in [-0.05, 0) is 18.6 Å². The van der Waals surface area contributed by atoms with E-state index in [9.17, 15) is 13.2 Å². The Hall–Kier alpha value is -0.960. The summed E-state index contributed by atoms with van der Waals surface area (Å²) in [4.78, 5) is 0. The van der Waals surface area contributed by atoms with Crippen molar-refractivity contribution in [3.8, 4) is 0 Å². The zero-order valence-electron chi connectivity index (χ0n) is 7.40. The Balaban J connectivity index is 2.98. The smallest absolute Gasteiger partial charge is 0.165 e. The van der Waals surface area contributed by atoms with Gasteiger partial charge in [-0.1, -0.05) is 41.4 Å².